The normalized spacial score (nSPS) is 19.5. The summed E-state index contributed by atoms with van der Waals surface area (Å²) in [4.78, 5) is 13.8. The van der Waals surface area contributed by atoms with Crippen LogP contribution in [0.25, 0.3) is 0 Å². The Hall–Kier alpha value is -5.39. The third kappa shape index (κ3) is 10.9. The van der Waals surface area contributed by atoms with Crippen molar-refractivity contribution in [3.8, 4) is 6.07 Å². The number of hydrogen-bond acceptors (Lipinski definition) is 10. The number of carbonyl (C=O) groups is 1. The lowest BCUT2D eigenvalue weighted by atomic mass is 9.97. The van der Waals surface area contributed by atoms with Crippen LogP contribution in [0.1, 0.15) is 27.8 Å². The summed E-state index contributed by atoms with van der Waals surface area (Å²) in [6, 6.07) is 45.9. The van der Waals surface area contributed by atoms with Crippen LogP contribution in [0.4, 0.5) is 4.79 Å². The monoisotopic (exact) mass is 776 g/mol. The number of sulfonamides is 1. The van der Waals surface area contributed by atoms with Crippen LogP contribution in [0.3, 0.4) is 0 Å². The highest BCUT2D eigenvalue weighted by atomic mass is 32.2. The summed E-state index contributed by atoms with van der Waals surface area (Å²) in [6.07, 6.45) is -6.63. The predicted molar refractivity (Wildman–Crippen MR) is 207 cm³/mol. The van der Waals surface area contributed by atoms with Crippen LogP contribution in [-0.2, 0) is 64.9 Å². The van der Waals surface area contributed by atoms with Crippen LogP contribution in [-0.4, -0.2) is 62.7 Å². The van der Waals surface area contributed by atoms with E-state index in [-0.39, 0.29) is 37.9 Å². The van der Waals surface area contributed by atoms with Gasteiger partial charge in [0, 0.05) is 0 Å². The highest BCUT2D eigenvalue weighted by Crippen LogP contribution is 2.32. The minimum absolute atomic E-state index is 0.0113. The molecular weight excluding hydrogens is 733 g/mol. The first-order chi connectivity index (χ1) is 27.3. The molecule has 12 heteroatoms. The molecule has 1 aliphatic heterocycles. The predicted octanol–water partition coefficient (Wildman–Crippen LogP) is 7.34. The van der Waals surface area contributed by atoms with Crippen molar-refractivity contribution in [2.75, 3.05) is 13.2 Å². The standard InChI is InChI=1S/C44H44N2O9S/c1-33-22-24-38(25-23-33)56(48,49)46(27-26-45)44(47)55-43-42(53-31-37-20-12-5-13-21-37)41(52-30-36-18-10-4-11-19-36)40(51-29-35-16-8-3-9-17-35)39(54-43)32-50-28-34-14-6-2-7-15-34/h2-25,39-43H,27-32H2,1H3/t39-,40+,41+,42-,43+/m1/s1. The van der Waals surface area contributed by atoms with E-state index >= 15 is 0 Å². The number of nitrogens with zero attached hydrogens (tertiary/aromatic N) is 2. The summed E-state index contributed by atoms with van der Waals surface area (Å²) >= 11 is 0. The molecular formula is C44H44N2O9S. The van der Waals surface area contributed by atoms with E-state index in [1.165, 1.54) is 12.1 Å². The van der Waals surface area contributed by atoms with Crippen molar-refractivity contribution in [3.05, 3.63) is 173 Å². The zero-order chi connectivity index (χ0) is 39.2. The fourth-order valence-electron chi connectivity index (χ4n) is 6.15. The number of rotatable bonds is 17. The summed E-state index contributed by atoms with van der Waals surface area (Å²) in [6.45, 7) is 1.64. The molecule has 1 heterocycles. The Bertz CT molecular complexity index is 2100. The van der Waals surface area contributed by atoms with E-state index in [2.05, 4.69) is 0 Å². The number of nitriles is 1. The molecule has 1 amide bonds. The van der Waals surface area contributed by atoms with Gasteiger partial charge < -0.3 is 28.4 Å². The molecule has 0 bridgehead atoms. The average Bonchev–Trinajstić information content (AvgIpc) is 3.22. The lowest BCUT2D eigenvalue weighted by Crippen LogP contribution is -2.62. The van der Waals surface area contributed by atoms with E-state index in [1.807, 2.05) is 121 Å². The van der Waals surface area contributed by atoms with Gasteiger partial charge in [0.25, 0.3) is 10.0 Å². The molecule has 0 aliphatic carbocycles. The smallest absolute Gasteiger partial charge is 0.416 e. The molecule has 6 rings (SSSR count). The summed E-state index contributed by atoms with van der Waals surface area (Å²) in [5, 5.41) is 9.68. The number of ether oxygens (including phenoxy) is 6. The molecule has 1 fully saturated rings. The quantitative estimate of drug-likeness (QED) is 0.0884. The van der Waals surface area contributed by atoms with Crippen LogP contribution in [0, 0.1) is 18.3 Å². The third-order valence-corrected chi connectivity index (χ3v) is 10.8. The fourth-order valence-corrected chi connectivity index (χ4v) is 7.35. The van der Waals surface area contributed by atoms with Crippen molar-refractivity contribution in [2.45, 2.75) is 69.0 Å². The number of aryl methyl sites for hydroxylation is 1. The number of benzene rings is 5. The Labute approximate surface area is 328 Å². The van der Waals surface area contributed by atoms with Crippen molar-refractivity contribution in [3.63, 3.8) is 0 Å². The second kappa shape index (κ2) is 20.0. The minimum Gasteiger partial charge on any atom is -0.416 e. The Kier molecular flexibility index (Phi) is 14.4. The molecule has 0 saturated carbocycles. The van der Waals surface area contributed by atoms with Gasteiger partial charge in [-0.15, -0.1) is 0 Å². The molecule has 5 aromatic rings. The second-order valence-corrected chi connectivity index (χ2v) is 15.1. The SMILES string of the molecule is Cc1ccc(S(=O)(=O)N(CC#N)C(=O)O[C@@H]2O[C@H](COCc3ccccc3)[C@H](OCc3ccccc3)[C@H](OCc3ccccc3)[C@H]2OCc2ccccc2)cc1. The van der Waals surface area contributed by atoms with Crippen molar-refractivity contribution >= 4 is 16.1 Å². The van der Waals surface area contributed by atoms with Gasteiger partial charge in [0.2, 0.25) is 6.29 Å². The lowest BCUT2D eigenvalue weighted by Gasteiger charge is -2.45. The van der Waals surface area contributed by atoms with Crippen LogP contribution >= 0.6 is 0 Å². The van der Waals surface area contributed by atoms with Gasteiger partial charge in [-0.25, -0.2) is 13.2 Å². The van der Waals surface area contributed by atoms with E-state index in [4.69, 9.17) is 28.4 Å². The maximum Gasteiger partial charge on any atom is 0.427 e. The van der Waals surface area contributed by atoms with Crippen LogP contribution < -0.4 is 0 Å². The highest BCUT2D eigenvalue weighted by molar-refractivity contribution is 7.89. The van der Waals surface area contributed by atoms with Gasteiger partial charge in [-0.05, 0) is 41.3 Å². The number of hydrogen-bond donors (Lipinski definition) is 0. The first-order valence-electron chi connectivity index (χ1n) is 18.2. The van der Waals surface area contributed by atoms with Crippen LogP contribution in [0.2, 0.25) is 0 Å². The van der Waals surface area contributed by atoms with E-state index in [1.54, 1.807) is 25.1 Å². The molecule has 5 atom stereocenters. The topological polar surface area (TPSA) is 134 Å². The molecule has 5 aromatic carbocycles. The van der Waals surface area contributed by atoms with Crippen LogP contribution in [0.5, 0.6) is 0 Å². The molecule has 1 aliphatic rings. The number of carbonyl (C=O) groups excluding carboxylic acids is 1. The summed E-state index contributed by atoms with van der Waals surface area (Å²) in [7, 11) is -4.51. The molecule has 0 unspecified atom stereocenters. The average molecular weight is 777 g/mol. The third-order valence-electron chi connectivity index (χ3n) is 9.08. The zero-order valence-corrected chi connectivity index (χ0v) is 31.8. The Balaban J connectivity index is 1.36. The molecule has 0 spiro atoms. The maximum absolute atomic E-state index is 14.0. The van der Waals surface area contributed by atoms with Gasteiger partial charge in [0.05, 0.1) is 44.0 Å². The Morgan fingerprint density at radius 2 is 1.09 bits per heavy atom. The van der Waals surface area contributed by atoms with Crippen molar-refractivity contribution in [1.82, 2.24) is 4.31 Å². The first-order valence-corrected chi connectivity index (χ1v) is 19.7. The van der Waals surface area contributed by atoms with Crippen molar-refractivity contribution in [2.24, 2.45) is 0 Å². The van der Waals surface area contributed by atoms with Gasteiger partial charge in [0.1, 0.15) is 31.0 Å². The Morgan fingerprint density at radius 3 is 1.57 bits per heavy atom. The van der Waals surface area contributed by atoms with Gasteiger partial charge in [-0.2, -0.15) is 9.57 Å². The van der Waals surface area contributed by atoms with Gasteiger partial charge in [0.15, 0.2) is 0 Å². The first kappa shape index (κ1) is 40.3. The molecule has 11 nitrogen and oxygen atoms in total. The van der Waals surface area contributed by atoms with Gasteiger partial charge in [-0.1, -0.05) is 139 Å². The fraction of sp³-hybridized carbons (Fsp3) is 0.273. The highest BCUT2D eigenvalue weighted by Gasteiger charge is 2.51. The molecule has 1 saturated heterocycles. The summed E-state index contributed by atoms with van der Waals surface area (Å²) in [5.74, 6) is 0. The molecule has 56 heavy (non-hydrogen) atoms. The molecule has 0 N–H and O–H groups in total. The van der Waals surface area contributed by atoms with E-state index < -0.39 is 53.4 Å². The molecule has 290 valence electrons. The van der Waals surface area contributed by atoms with E-state index in [0.717, 1.165) is 27.8 Å². The van der Waals surface area contributed by atoms with Gasteiger partial charge >= 0.3 is 6.09 Å². The van der Waals surface area contributed by atoms with Gasteiger partial charge in [-0.3, -0.25) is 0 Å². The van der Waals surface area contributed by atoms with Crippen molar-refractivity contribution < 1.29 is 41.6 Å². The summed E-state index contributed by atoms with van der Waals surface area (Å²) < 4.78 is 66.5. The second-order valence-electron chi connectivity index (χ2n) is 13.2. The maximum atomic E-state index is 14.0. The lowest BCUT2D eigenvalue weighted by molar-refractivity contribution is -0.316. The largest absolute Gasteiger partial charge is 0.427 e. The Morgan fingerprint density at radius 1 is 0.643 bits per heavy atom. The zero-order valence-electron chi connectivity index (χ0n) is 31.0. The summed E-state index contributed by atoms with van der Waals surface area (Å²) in [5.41, 5.74) is 4.35. The number of amides is 1. The molecule has 0 radical (unpaired) electrons. The minimum atomic E-state index is -4.51. The van der Waals surface area contributed by atoms with E-state index in [0.29, 0.717) is 4.31 Å². The van der Waals surface area contributed by atoms with Crippen molar-refractivity contribution in [1.29, 1.82) is 5.26 Å². The molecule has 0 aromatic heterocycles. The van der Waals surface area contributed by atoms with Crippen LogP contribution in [0.15, 0.2) is 150 Å². The van der Waals surface area contributed by atoms with E-state index in [9.17, 15) is 18.5 Å².